The van der Waals surface area contributed by atoms with Crippen LogP contribution in [0.5, 0.6) is 0 Å². The molecule has 18 heavy (non-hydrogen) atoms. The van der Waals surface area contributed by atoms with Crippen LogP contribution in [0.2, 0.25) is 0 Å². The number of alkyl halides is 1. The molecule has 0 radical (unpaired) electrons. The molecule has 0 aliphatic carbocycles. The van der Waals surface area contributed by atoms with Crippen molar-refractivity contribution in [3.8, 4) is 0 Å². The monoisotopic (exact) mass is 264 g/mol. The van der Waals surface area contributed by atoms with Gasteiger partial charge in [-0.2, -0.15) is 0 Å². The van der Waals surface area contributed by atoms with Gasteiger partial charge in [-0.3, -0.25) is 15.0 Å². The van der Waals surface area contributed by atoms with E-state index in [1.807, 2.05) is 0 Å². The third kappa shape index (κ3) is 2.05. The molecular formula is C9H13FN2O6. The maximum Gasteiger partial charge on any atom is 0.326 e. The highest BCUT2D eigenvalue weighted by atomic mass is 19.1. The van der Waals surface area contributed by atoms with Crippen molar-refractivity contribution >= 4 is 11.9 Å². The third-order valence-corrected chi connectivity index (χ3v) is 2.96. The molecule has 8 nitrogen and oxygen atoms in total. The molecule has 5 atom stereocenters. The Morgan fingerprint density at radius 2 is 2.06 bits per heavy atom. The molecule has 4 N–H and O–H groups in total. The van der Waals surface area contributed by atoms with Crippen LogP contribution in [0.15, 0.2) is 0 Å². The quantitative estimate of drug-likeness (QED) is 0.431. The molecule has 2 aliphatic rings. The molecule has 2 fully saturated rings. The van der Waals surface area contributed by atoms with Gasteiger partial charge in [0.05, 0.1) is 13.2 Å². The van der Waals surface area contributed by atoms with E-state index in [9.17, 15) is 24.2 Å². The highest BCUT2D eigenvalue weighted by Crippen LogP contribution is 2.25. The fourth-order valence-corrected chi connectivity index (χ4v) is 1.95. The van der Waals surface area contributed by atoms with Gasteiger partial charge in [-0.05, 0) is 0 Å². The minimum atomic E-state index is -1.93. The smallest absolute Gasteiger partial charge is 0.326 e. The molecule has 9 heteroatoms. The van der Waals surface area contributed by atoms with E-state index in [2.05, 4.69) is 0 Å². The second-order valence-electron chi connectivity index (χ2n) is 4.14. The Morgan fingerprint density at radius 3 is 2.61 bits per heavy atom. The number of carbonyl (C=O) groups is 2. The minimum Gasteiger partial charge on any atom is -0.394 e. The Bertz CT molecular complexity index is 367. The van der Waals surface area contributed by atoms with Crippen molar-refractivity contribution in [3.05, 3.63) is 0 Å². The first-order valence-electron chi connectivity index (χ1n) is 5.33. The van der Waals surface area contributed by atoms with Crippen molar-refractivity contribution in [2.45, 2.75) is 30.7 Å². The molecule has 0 aromatic carbocycles. The second-order valence-corrected chi connectivity index (χ2v) is 4.14. The number of ether oxygens (including phenoxy) is 1. The highest BCUT2D eigenvalue weighted by molar-refractivity contribution is 5.99. The molecule has 0 saturated carbocycles. The van der Waals surface area contributed by atoms with Crippen LogP contribution >= 0.6 is 0 Å². The predicted molar refractivity (Wildman–Crippen MR) is 52.9 cm³/mol. The summed E-state index contributed by atoms with van der Waals surface area (Å²) in [6.45, 7) is -1.13. The summed E-state index contributed by atoms with van der Waals surface area (Å²) in [5.74, 6) is -1.05. The Morgan fingerprint density at radius 1 is 1.39 bits per heavy atom. The number of rotatable bonds is 2. The van der Waals surface area contributed by atoms with E-state index in [-0.39, 0.29) is 0 Å². The average Bonchev–Trinajstić information content (AvgIpc) is 2.61. The largest absolute Gasteiger partial charge is 0.394 e. The zero-order valence-corrected chi connectivity index (χ0v) is 9.19. The average molecular weight is 264 g/mol. The van der Waals surface area contributed by atoms with Gasteiger partial charge in [0.1, 0.15) is 18.3 Å². The number of urea groups is 1. The first-order chi connectivity index (χ1) is 8.45. The van der Waals surface area contributed by atoms with Crippen LogP contribution < -0.4 is 5.32 Å². The Balaban J connectivity index is 2.12. The van der Waals surface area contributed by atoms with Crippen molar-refractivity contribution in [1.82, 2.24) is 10.2 Å². The second kappa shape index (κ2) is 4.76. The Labute approximate surface area is 101 Å². The summed E-state index contributed by atoms with van der Waals surface area (Å²) < 4.78 is 18.3. The van der Waals surface area contributed by atoms with Crippen molar-refractivity contribution in [2.75, 3.05) is 13.2 Å². The van der Waals surface area contributed by atoms with Gasteiger partial charge in [0.25, 0.3) is 5.91 Å². The molecular weight excluding hydrogens is 251 g/mol. The van der Waals surface area contributed by atoms with Crippen LogP contribution in [0.4, 0.5) is 9.18 Å². The molecule has 102 valence electrons. The topological polar surface area (TPSA) is 119 Å². The number of halogens is 1. The zero-order valence-electron chi connectivity index (χ0n) is 9.19. The van der Waals surface area contributed by atoms with Crippen LogP contribution in [0.25, 0.3) is 0 Å². The van der Waals surface area contributed by atoms with Gasteiger partial charge >= 0.3 is 6.03 Å². The molecule has 1 unspecified atom stereocenters. The van der Waals surface area contributed by atoms with E-state index in [1.54, 1.807) is 5.32 Å². The first kappa shape index (κ1) is 13.1. The number of aliphatic hydroxyl groups is 3. The number of hydrogen-bond acceptors (Lipinski definition) is 6. The number of hydrogen-bond donors (Lipinski definition) is 4. The van der Waals surface area contributed by atoms with Gasteiger partial charge in [0, 0.05) is 0 Å². The van der Waals surface area contributed by atoms with Crippen molar-refractivity contribution in [1.29, 1.82) is 0 Å². The number of imide groups is 1. The number of aliphatic hydroxyl groups excluding tert-OH is 3. The molecule has 0 bridgehead atoms. The van der Waals surface area contributed by atoms with E-state index in [0.717, 1.165) is 4.90 Å². The Kier molecular flexibility index (Phi) is 3.48. The van der Waals surface area contributed by atoms with Gasteiger partial charge in [0.2, 0.25) is 0 Å². The maximum atomic E-state index is 13.2. The van der Waals surface area contributed by atoms with Crippen LogP contribution in [-0.4, -0.2) is 76.0 Å². The van der Waals surface area contributed by atoms with Crippen molar-refractivity contribution in [3.63, 3.8) is 0 Å². The summed E-state index contributed by atoms with van der Waals surface area (Å²) in [6, 6.07) is -0.913. The van der Waals surface area contributed by atoms with E-state index < -0.39 is 55.8 Å². The van der Waals surface area contributed by atoms with E-state index in [0.29, 0.717) is 0 Å². The Hall–Kier alpha value is -1.29. The predicted octanol–water partition coefficient (Wildman–Crippen LogP) is -2.68. The fraction of sp³-hybridized carbons (Fsp3) is 0.778. The summed E-state index contributed by atoms with van der Waals surface area (Å²) in [5, 5.41) is 29.8. The number of amides is 3. The SMILES string of the molecule is O=C1NC(=O)N([C@H]2O[C@H](CO)[C@@H](O)[C@@H]2O)CC1F. The van der Waals surface area contributed by atoms with Crippen molar-refractivity contribution < 1.29 is 34.0 Å². The van der Waals surface area contributed by atoms with Gasteiger partial charge in [-0.1, -0.05) is 0 Å². The number of carbonyl (C=O) groups excluding carboxylic acids is 2. The van der Waals surface area contributed by atoms with E-state index >= 15 is 0 Å². The zero-order chi connectivity index (χ0) is 13.4. The van der Waals surface area contributed by atoms with Crippen LogP contribution in [0.3, 0.4) is 0 Å². The molecule has 0 aromatic heterocycles. The van der Waals surface area contributed by atoms with Crippen molar-refractivity contribution in [2.24, 2.45) is 0 Å². The molecule has 3 amide bonds. The fourth-order valence-electron chi connectivity index (χ4n) is 1.95. The molecule has 2 heterocycles. The van der Waals surface area contributed by atoms with Gasteiger partial charge in [0.15, 0.2) is 12.4 Å². The summed E-state index contributed by atoms with van der Waals surface area (Å²) in [6.07, 6.45) is -7.16. The number of nitrogens with one attached hydrogen (secondary N) is 1. The molecule has 2 aliphatic heterocycles. The van der Waals surface area contributed by atoms with Crippen LogP contribution in [0.1, 0.15) is 0 Å². The summed E-state index contributed by atoms with van der Waals surface area (Å²) >= 11 is 0. The lowest BCUT2D eigenvalue weighted by atomic mass is 10.1. The summed E-state index contributed by atoms with van der Waals surface area (Å²) in [7, 11) is 0. The minimum absolute atomic E-state index is 0.553. The van der Waals surface area contributed by atoms with E-state index in [4.69, 9.17) is 9.84 Å². The van der Waals surface area contributed by atoms with Gasteiger partial charge < -0.3 is 20.1 Å². The lowest BCUT2D eigenvalue weighted by molar-refractivity contribution is -0.132. The van der Waals surface area contributed by atoms with Gasteiger partial charge in [-0.15, -0.1) is 0 Å². The van der Waals surface area contributed by atoms with Crippen LogP contribution in [-0.2, 0) is 9.53 Å². The standard InChI is InChI=1S/C9H13FN2O6/c10-3-1-12(9(17)11-7(3)16)8-6(15)5(14)4(2-13)18-8/h3-6,8,13-15H,1-2H2,(H,11,16,17)/t3?,4-,5-,6+,8+/m1/s1. The molecule has 2 saturated heterocycles. The normalized spacial score (nSPS) is 41.1. The van der Waals surface area contributed by atoms with E-state index in [1.165, 1.54) is 0 Å². The molecule has 0 spiro atoms. The number of nitrogens with zero attached hydrogens (tertiary/aromatic N) is 1. The van der Waals surface area contributed by atoms with Crippen LogP contribution in [0, 0.1) is 0 Å². The lowest BCUT2D eigenvalue weighted by Gasteiger charge is -2.34. The van der Waals surface area contributed by atoms with Gasteiger partial charge in [-0.25, -0.2) is 9.18 Å². The lowest BCUT2D eigenvalue weighted by Crippen LogP contribution is -2.60. The summed E-state index contributed by atoms with van der Waals surface area (Å²) in [4.78, 5) is 23.2. The maximum absolute atomic E-state index is 13.2. The highest BCUT2D eigenvalue weighted by Gasteiger charge is 2.49. The molecule has 0 aromatic rings. The molecule has 2 rings (SSSR count). The first-order valence-corrected chi connectivity index (χ1v) is 5.33. The summed E-state index contributed by atoms with van der Waals surface area (Å²) in [5.41, 5.74) is 0. The third-order valence-electron chi connectivity index (χ3n) is 2.96.